The van der Waals surface area contributed by atoms with Crippen molar-refractivity contribution in [2.45, 2.75) is 45.9 Å². The van der Waals surface area contributed by atoms with Crippen LogP contribution >= 0.6 is 11.6 Å². The van der Waals surface area contributed by atoms with Crippen LogP contribution in [0.15, 0.2) is 18.2 Å². The van der Waals surface area contributed by atoms with E-state index in [0.29, 0.717) is 5.88 Å². The van der Waals surface area contributed by atoms with Crippen molar-refractivity contribution in [2.75, 3.05) is 0 Å². The highest BCUT2D eigenvalue weighted by Crippen LogP contribution is 2.28. The molecule has 0 N–H and O–H groups in total. The van der Waals surface area contributed by atoms with Crippen LogP contribution in [0.2, 0.25) is 0 Å². The lowest BCUT2D eigenvalue weighted by Gasteiger charge is -2.20. The van der Waals surface area contributed by atoms with Crippen LogP contribution in [-0.4, -0.2) is 4.98 Å². The van der Waals surface area contributed by atoms with Gasteiger partial charge < -0.3 is 0 Å². The van der Waals surface area contributed by atoms with Gasteiger partial charge in [-0.15, -0.1) is 11.6 Å². The molecule has 2 heteroatoms. The van der Waals surface area contributed by atoms with Crippen LogP contribution in [0, 0.1) is 13.8 Å². The summed E-state index contributed by atoms with van der Waals surface area (Å²) in [5.74, 6) is 0.532. The van der Waals surface area contributed by atoms with Crippen molar-refractivity contribution in [2.24, 2.45) is 0 Å². The first-order valence-electron chi connectivity index (χ1n) is 6.30. The fourth-order valence-electron chi connectivity index (χ4n) is 2.05. The summed E-state index contributed by atoms with van der Waals surface area (Å²) in [5.41, 5.74) is 5.96. The molecule has 0 aliphatic rings. The van der Waals surface area contributed by atoms with Crippen LogP contribution in [0.4, 0.5) is 0 Å². The number of hydrogen-bond donors (Lipinski definition) is 0. The summed E-state index contributed by atoms with van der Waals surface area (Å²) in [7, 11) is 0. The van der Waals surface area contributed by atoms with Crippen molar-refractivity contribution >= 4 is 22.5 Å². The smallest absolute Gasteiger partial charge is 0.0711 e. The minimum Gasteiger partial charge on any atom is -0.252 e. The fraction of sp³-hybridized carbons (Fsp3) is 0.438. The second kappa shape index (κ2) is 4.55. The van der Waals surface area contributed by atoms with Crippen molar-refractivity contribution in [1.29, 1.82) is 0 Å². The number of nitrogens with zero attached hydrogens (tertiary/aromatic N) is 1. The quantitative estimate of drug-likeness (QED) is 0.666. The highest BCUT2D eigenvalue weighted by atomic mass is 35.5. The van der Waals surface area contributed by atoms with Gasteiger partial charge in [-0.05, 0) is 48.7 Å². The molecule has 1 heterocycles. The van der Waals surface area contributed by atoms with Crippen LogP contribution in [0.5, 0.6) is 0 Å². The Kier molecular flexibility index (Phi) is 3.37. The van der Waals surface area contributed by atoms with E-state index in [1.165, 1.54) is 22.1 Å². The topological polar surface area (TPSA) is 12.9 Å². The van der Waals surface area contributed by atoms with E-state index in [-0.39, 0.29) is 5.41 Å². The third-order valence-electron chi connectivity index (χ3n) is 3.42. The molecule has 1 nitrogen and oxygen atoms in total. The molecule has 0 fully saturated rings. The van der Waals surface area contributed by atoms with E-state index in [4.69, 9.17) is 16.6 Å². The normalized spacial score (nSPS) is 12.1. The third-order valence-corrected chi connectivity index (χ3v) is 3.71. The number of aromatic nitrogens is 1. The van der Waals surface area contributed by atoms with E-state index in [1.54, 1.807) is 0 Å². The molecule has 1 aromatic carbocycles. The summed E-state index contributed by atoms with van der Waals surface area (Å²) in [4.78, 5) is 4.80. The molecule has 1 aromatic heterocycles. The van der Waals surface area contributed by atoms with Crippen molar-refractivity contribution < 1.29 is 0 Å². The first kappa shape index (κ1) is 13.4. The standard InChI is InChI=1S/C16H20ClN/c1-10-6-13-12(9-17)8-15(16(3,4)5)18-14(13)7-11(10)2/h6-8H,9H2,1-5H3. The molecule has 0 aliphatic carbocycles. The van der Waals surface area contributed by atoms with E-state index >= 15 is 0 Å². The summed E-state index contributed by atoms with van der Waals surface area (Å²) in [5, 5.41) is 1.18. The zero-order chi connectivity index (χ0) is 13.5. The van der Waals surface area contributed by atoms with Gasteiger partial charge >= 0.3 is 0 Å². The Morgan fingerprint density at radius 1 is 1.06 bits per heavy atom. The largest absolute Gasteiger partial charge is 0.252 e. The second-order valence-electron chi connectivity index (χ2n) is 6.00. The Labute approximate surface area is 114 Å². The van der Waals surface area contributed by atoms with Gasteiger partial charge in [0.2, 0.25) is 0 Å². The number of hydrogen-bond acceptors (Lipinski definition) is 1. The van der Waals surface area contributed by atoms with E-state index in [0.717, 1.165) is 11.2 Å². The number of pyridine rings is 1. The Bertz CT molecular complexity index is 594. The van der Waals surface area contributed by atoms with Crippen molar-refractivity contribution in [3.8, 4) is 0 Å². The summed E-state index contributed by atoms with van der Waals surface area (Å²) in [6.07, 6.45) is 0. The fourth-order valence-corrected chi connectivity index (χ4v) is 2.27. The molecule has 96 valence electrons. The highest BCUT2D eigenvalue weighted by Gasteiger charge is 2.17. The van der Waals surface area contributed by atoms with Gasteiger partial charge in [-0.2, -0.15) is 0 Å². The predicted octanol–water partition coefficient (Wildman–Crippen LogP) is 4.89. The maximum absolute atomic E-state index is 6.09. The van der Waals surface area contributed by atoms with Crippen LogP contribution in [0.3, 0.4) is 0 Å². The van der Waals surface area contributed by atoms with Crippen molar-refractivity contribution in [1.82, 2.24) is 4.98 Å². The summed E-state index contributed by atoms with van der Waals surface area (Å²) in [6.45, 7) is 10.8. The molecule has 0 unspecified atom stereocenters. The number of fused-ring (bicyclic) bond motifs is 1. The molecule has 0 atom stereocenters. The number of alkyl halides is 1. The summed E-state index contributed by atoms with van der Waals surface area (Å²) < 4.78 is 0. The van der Waals surface area contributed by atoms with E-state index in [2.05, 4.69) is 52.8 Å². The monoisotopic (exact) mass is 261 g/mol. The molecule has 2 rings (SSSR count). The number of rotatable bonds is 1. The summed E-state index contributed by atoms with van der Waals surface area (Å²) >= 11 is 6.09. The lowest BCUT2D eigenvalue weighted by atomic mass is 9.89. The van der Waals surface area contributed by atoms with Crippen LogP contribution in [0.25, 0.3) is 10.9 Å². The molecule has 0 aliphatic heterocycles. The van der Waals surface area contributed by atoms with Crippen LogP contribution < -0.4 is 0 Å². The summed E-state index contributed by atoms with van der Waals surface area (Å²) in [6, 6.07) is 6.50. The van der Waals surface area contributed by atoms with Gasteiger partial charge in [0.05, 0.1) is 5.52 Å². The molecule has 0 bridgehead atoms. The molecule has 0 spiro atoms. The lowest BCUT2D eigenvalue weighted by molar-refractivity contribution is 0.571. The lowest BCUT2D eigenvalue weighted by Crippen LogP contribution is -2.14. The zero-order valence-electron chi connectivity index (χ0n) is 11.8. The average Bonchev–Trinajstić information content (AvgIpc) is 2.28. The van der Waals surface area contributed by atoms with Crippen molar-refractivity contribution in [3.63, 3.8) is 0 Å². The molecule has 0 amide bonds. The van der Waals surface area contributed by atoms with Crippen LogP contribution in [0.1, 0.15) is 43.2 Å². The Balaban J connectivity index is 2.80. The third kappa shape index (κ3) is 2.37. The van der Waals surface area contributed by atoms with Gasteiger partial charge in [-0.25, -0.2) is 0 Å². The van der Waals surface area contributed by atoms with Gasteiger partial charge in [-0.1, -0.05) is 20.8 Å². The minimum absolute atomic E-state index is 0.0494. The molecular weight excluding hydrogens is 242 g/mol. The maximum atomic E-state index is 6.09. The molecule has 2 aromatic rings. The SMILES string of the molecule is Cc1cc2nc(C(C)(C)C)cc(CCl)c2cc1C. The molecule has 18 heavy (non-hydrogen) atoms. The predicted molar refractivity (Wildman–Crippen MR) is 79.5 cm³/mol. The molecular formula is C16H20ClN. The molecule has 0 saturated carbocycles. The Morgan fingerprint density at radius 3 is 2.22 bits per heavy atom. The first-order chi connectivity index (χ1) is 8.32. The average molecular weight is 262 g/mol. The second-order valence-corrected chi connectivity index (χ2v) is 6.27. The van der Waals surface area contributed by atoms with E-state index in [9.17, 15) is 0 Å². The first-order valence-corrected chi connectivity index (χ1v) is 6.83. The number of halogens is 1. The van der Waals surface area contributed by atoms with Gasteiger partial charge in [0.25, 0.3) is 0 Å². The van der Waals surface area contributed by atoms with E-state index in [1.807, 2.05) is 0 Å². The van der Waals surface area contributed by atoms with Gasteiger partial charge in [0.1, 0.15) is 0 Å². The van der Waals surface area contributed by atoms with Gasteiger partial charge in [0, 0.05) is 22.4 Å². The number of aryl methyl sites for hydroxylation is 2. The van der Waals surface area contributed by atoms with Gasteiger partial charge in [0.15, 0.2) is 0 Å². The Morgan fingerprint density at radius 2 is 1.67 bits per heavy atom. The zero-order valence-corrected chi connectivity index (χ0v) is 12.5. The molecule has 0 radical (unpaired) electrons. The van der Waals surface area contributed by atoms with Crippen molar-refractivity contribution in [3.05, 3.63) is 40.6 Å². The minimum atomic E-state index is 0.0494. The number of benzene rings is 1. The van der Waals surface area contributed by atoms with E-state index < -0.39 is 0 Å². The highest BCUT2D eigenvalue weighted by molar-refractivity contribution is 6.18. The Hall–Kier alpha value is -1.08. The maximum Gasteiger partial charge on any atom is 0.0711 e. The molecule has 0 saturated heterocycles. The van der Waals surface area contributed by atoms with Crippen LogP contribution in [-0.2, 0) is 11.3 Å². The van der Waals surface area contributed by atoms with Gasteiger partial charge in [-0.3, -0.25) is 4.98 Å².